The van der Waals surface area contributed by atoms with Crippen LogP contribution < -0.4 is 5.32 Å². The molecule has 3 aromatic rings. The van der Waals surface area contributed by atoms with E-state index in [1.807, 2.05) is 34.6 Å². The minimum absolute atomic E-state index is 0.0657. The van der Waals surface area contributed by atoms with Crippen LogP contribution in [-0.2, 0) is 22.2 Å². The van der Waals surface area contributed by atoms with Crippen LogP contribution in [0.4, 0.5) is 4.39 Å². The van der Waals surface area contributed by atoms with Crippen molar-refractivity contribution in [2.75, 3.05) is 19.6 Å². The molecule has 5 nitrogen and oxygen atoms in total. The average Bonchev–Trinajstić information content (AvgIpc) is 2.79. The number of nitrogens with zero attached hydrogens (tertiary/aromatic N) is 2. The van der Waals surface area contributed by atoms with Crippen LogP contribution in [0.3, 0.4) is 0 Å². The summed E-state index contributed by atoms with van der Waals surface area (Å²) < 4.78 is 28.8. The van der Waals surface area contributed by atoms with Gasteiger partial charge in [-0.25, -0.2) is 12.9 Å². The normalized spacial score (nSPS) is 18.2. The second kappa shape index (κ2) is 9.45. The van der Waals surface area contributed by atoms with E-state index < -0.39 is 11.0 Å². The number of carbonyl (C=O) groups excluding carboxylic acids is 1. The molecule has 0 aliphatic carbocycles. The molecule has 2 aromatic carbocycles. The smallest absolute Gasteiger partial charge is 0.224 e. The Kier molecular flexibility index (Phi) is 6.50. The zero-order valence-electron chi connectivity index (χ0n) is 16.6. The molecule has 0 bridgehead atoms. The molecule has 7 heteroatoms. The van der Waals surface area contributed by atoms with Crippen LogP contribution in [0.1, 0.15) is 18.4 Å². The Labute approximate surface area is 177 Å². The van der Waals surface area contributed by atoms with Crippen molar-refractivity contribution in [1.29, 1.82) is 0 Å². The first-order valence-corrected chi connectivity index (χ1v) is 11.3. The predicted molar refractivity (Wildman–Crippen MR) is 116 cm³/mol. The van der Waals surface area contributed by atoms with Crippen molar-refractivity contribution < 1.29 is 13.4 Å². The summed E-state index contributed by atoms with van der Waals surface area (Å²) in [4.78, 5) is 17.7. The van der Waals surface area contributed by atoms with E-state index in [9.17, 15) is 13.4 Å². The van der Waals surface area contributed by atoms with E-state index >= 15 is 0 Å². The number of carbonyl (C=O) groups is 1. The van der Waals surface area contributed by atoms with Gasteiger partial charge in [-0.3, -0.25) is 9.78 Å². The number of benzene rings is 2. The van der Waals surface area contributed by atoms with Crippen LogP contribution in [0.5, 0.6) is 0 Å². The van der Waals surface area contributed by atoms with Gasteiger partial charge in [0.05, 0.1) is 16.3 Å². The van der Waals surface area contributed by atoms with Gasteiger partial charge in [0, 0.05) is 31.2 Å². The Balaban J connectivity index is 1.38. The highest BCUT2D eigenvalue weighted by molar-refractivity contribution is 7.83. The Hall–Kier alpha value is -2.64. The number of amides is 1. The van der Waals surface area contributed by atoms with Gasteiger partial charge in [-0.15, -0.1) is 0 Å². The predicted octanol–water partition coefficient (Wildman–Crippen LogP) is 3.47. The van der Waals surface area contributed by atoms with Crippen molar-refractivity contribution in [3.63, 3.8) is 0 Å². The first-order valence-electron chi connectivity index (χ1n) is 10.1. The summed E-state index contributed by atoms with van der Waals surface area (Å²) in [6.45, 7) is 1.49. The van der Waals surface area contributed by atoms with Crippen LogP contribution >= 0.6 is 0 Å². The molecule has 30 heavy (non-hydrogen) atoms. The van der Waals surface area contributed by atoms with E-state index in [1.165, 1.54) is 6.07 Å². The lowest BCUT2D eigenvalue weighted by Crippen LogP contribution is -2.44. The number of nitrogens with one attached hydrogen (secondary N) is 1. The van der Waals surface area contributed by atoms with Gasteiger partial charge < -0.3 is 5.32 Å². The zero-order chi connectivity index (χ0) is 20.9. The summed E-state index contributed by atoms with van der Waals surface area (Å²) in [6.07, 6.45) is 3.70. The quantitative estimate of drug-likeness (QED) is 0.658. The number of pyridine rings is 1. The monoisotopic (exact) mass is 425 g/mol. The van der Waals surface area contributed by atoms with Gasteiger partial charge in [0.1, 0.15) is 16.8 Å². The van der Waals surface area contributed by atoms with Crippen molar-refractivity contribution >= 4 is 27.8 Å². The summed E-state index contributed by atoms with van der Waals surface area (Å²) >= 11 is 0. The Morgan fingerprint density at radius 3 is 2.87 bits per heavy atom. The minimum Gasteiger partial charge on any atom is -0.355 e. The molecular weight excluding hydrogens is 401 g/mol. The largest absolute Gasteiger partial charge is 0.355 e. The fourth-order valence-corrected chi connectivity index (χ4v) is 5.25. The summed E-state index contributed by atoms with van der Waals surface area (Å²) in [5, 5.41) is 3.86. The third-order valence-electron chi connectivity index (χ3n) is 5.42. The molecule has 2 heterocycles. The molecule has 2 atom stereocenters. The van der Waals surface area contributed by atoms with E-state index in [4.69, 9.17) is 0 Å². The van der Waals surface area contributed by atoms with Gasteiger partial charge in [0.25, 0.3) is 0 Å². The van der Waals surface area contributed by atoms with E-state index in [1.54, 1.807) is 24.4 Å². The molecule has 1 aliphatic heterocycles. The van der Waals surface area contributed by atoms with E-state index in [0.29, 0.717) is 36.5 Å². The molecule has 1 amide bonds. The van der Waals surface area contributed by atoms with Crippen molar-refractivity contribution in [3.8, 4) is 0 Å². The molecule has 0 spiro atoms. The average molecular weight is 426 g/mol. The summed E-state index contributed by atoms with van der Waals surface area (Å²) in [5.74, 6) is -0.551. The minimum atomic E-state index is -1.38. The van der Waals surface area contributed by atoms with Gasteiger partial charge in [-0.2, -0.15) is 0 Å². The Morgan fingerprint density at radius 2 is 2.00 bits per heavy atom. The van der Waals surface area contributed by atoms with E-state index in [0.717, 1.165) is 23.7 Å². The molecule has 0 saturated carbocycles. The lowest BCUT2D eigenvalue weighted by atomic mass is 9.99. The molecule has 0 radical (unpaired) electrons. The first kappa shape index (κ1) is 20.6. The number of fused-ring (bicyclic) bond motifs is 1. The number of rotatable bonds is 6. The third-order valence-corrected chi connectivity index (χ3v) is 6.93. The summed E-state index contributed by atoms with van der Waals surface area (Å²) in [6, 6.07) is 16.1. The standard InChI is InChI=1S/C23H24FN3O2S/c24-20-10-2-1-6-17(20)12-14-26-23(28)19-9-5-15-27(16-19)30(29)21-11-3-7-18-8-4-13-25-22(18)21/h1-4,6-8,10-11,13,19H,5,9,12,14-16H2,(H,26,28). The van der Waals surface area contributed by atoms with Gasteiger partial charge >= 0.3 is 0 Å². The highest BCUT2D eigenvalue weighted by Gasteiger charge is 2.29. The SMILES string of the molecule is O=C(NCCc1ccccc1F)C1CCCN(S(=O)c2cccc3cccnc23)C1. The maximum Gasteiger partial charge on any atom is 0.224 e. The fourth-order valence-electron chi connectivity index (χ4n) is 3.83. The molecule has 1 fully saturated rings. The molecule has 1 saturated heterocycles. The van der Waals surface area contributed by atoms with Crippen LogP contribution in [0.15, 0.2) is 65.7 Å². The fraction of sp³-hybridized carbons (Fsp3) is 0.304. The molecule has 156 valence electrons. The maximum absolute atomic E-state index is 13.7. The second-order valence-corrected chi connectivity index (χ2v) is 8.89. The first-order chi connectivity index (χ1) is 14.6. The van der Waals surface area contributed by atoms with E-state index in [2.05, 4.69) is 10.3 Å². The molecule has 1 aliphatic rings. The number of piperidine rings is 1. The lowest BCUT2D eigenvalue weighted by molar-refractivity contribution is -0.126. The maximum atomic E-state index is 13.7. The van der Waals surface area contributed by atoms with Crippen molar-refractivity contribution in [3.05, 3.63) is 72.2 Å². The van der Waals surface area contributed by atoms with Crippen molar-refractivity contribution in [2.24, 2.45) is 5.92 Å². The lowest BCUT2D eigenvalue weighted by Gasteiger charge is -2.31. The summed E-state index contributed by atoms with van der Waals surface area (Å²) in [5.41, 5.74) is 1.32. The highest BCUT2D eigenvalue weighted by atomic mass is 32.2. The van der Waals surface area contributed by atoms with Crippen molar-refractivity contribution in [2.45, 2.75) is 24.2 Å². The van der Waals surface area contributed by atoms with Crippen LogP contribution in [-0.4, -0.2) is 39.0 Å². The number of aromatic nitrogens is 1. The van der Waals surface area contributed by atoms with Gasteiger partial charge in [-0.1, -0.05) is 36.4 Å². The molecule has 1 N–H and O–H groups in total. The molecule has 1 aromatic heterocycles. The molecule has 2 unspecified atom stereocenters. The number of hydrogen-bond donors (Lipinski definition) is 1. The number of para-hydroxylation sites is 1. The zero-order valence-corrected chi connectivity index (χ0v) is 17.4. The van der Waals surface area contributed by atoms with Crippen LogP contribution in [0.2, 0.25) is 0 Å². The number of halogens is 1. The highest BCUT2D eigenvalue weighted by Crippen LogP contribution is 2.25. The molecular formula is C23H24FN3O2S. The molecule has 4 rings (SSSR count). The van der Waals surface area contributed by atoms with Gasteiger partial charge in [0.15, 0.2) is 0 Å². The number of hydrogen-bond acceptors (Lipinski definition) is 3. The topological polar surface area (TPSA) is 62.3 Å². The van der Waals surface area contributed by atoms with Crippen LogP contribution in [0, 0.1) is 11.7 Å². The summed E-state index contributed by atoms with van der Waals surface area (Å²) in [7, 11) is -1.38. The Morgan fingerprint density at radius 1 is 1.17 bits per heavy atom. The van der Waals surface area contributed by atoms with Gasteiger partial charge in [0.2, 0.25) is 5.91 Å². The van der Waals surface area contributed by atoms with Gasteiger partial charge in [-0.05, 0) is 43.0 Å². The Bertz CT molecular complexity index is 1070. The van der Waals surface area contributed by atoms with E-state index in [-0.39, 0.29) is 17.6 Å². The van der Waals surface area contributed by atoms with Crippen LogP contribution in [0.25, 0.3) is 10.9 Å². The third kappa shape index (κ3) is 4.57. The van der Waals surface area contributed by atoms with Crippen molar-refractivity contribution in [1.82, 2.24) is 14.6 Å². The second-order valence-electron chi connectivity index (χ2n) is 7.44.